The minimum absolute atomic E-state index is 0.0546. The molecule has 2 N–H and O–H groups in total. The van der Waals surface area contributed by atoms with Gasteiger partial charge in [0.15, 0.2) is 0 Å². The maximum Gasteiger partial charge on any atom is 0.407 e. The molecule has 0 radical (unpaired) electrons. The molecule has 2 aliphatic heterocycles. The van der Waals surface area contributed by atoms with Crippen LogP contribution in [0.2, 0.25) is 0 Å². The molecule has 3 rings (SSSR count). The van der Waals surface area contributed by atoms with Gasteiger partial charge in [0.25, 0.3) is 0 Å². The third-order valence-electron chi connectivity index (χ3n) is 4.93. The Kier molecular flexibility index (Phi) is 4.10. The fraction of sp³-hybridized carbons (Fsp3) is 0.733. The number of aromatic nitrogens is 2. The van der Waals surface area contributed by atoms with Gasteiger partial charge in [0.2, 0.25) is 0 Å². The number of hydrogen-bond acceptors (Lipinski definition) is 4. The van der Waals surface area contributed by atoms with Crippen molar-refractivity contribution in [2.45, 2.75) is 50.9 Å². The molecule has 3 heterocycles. The first-order chi connectivity index (χ1) is 10.7. The number of nitrogens with one attached hydrogen (secondary N) is 1. The van der Waals surface area contributed by atoms with E-state index in [1.165, 1.54) is 4.90 Å². The van der Waals surface area contributed by atoms with Crippen LogP contribution >= 0.6 is 0 Å². The third kappa shape index (κ3) is 2.95. The SMILES string of the molecule is CC(C)(C)[S@+]([O-])N[C@@H]1c2ccnn2CC12CCN(C(=O)O)CC2. The lowest BCUT2D eigenvalue weighted by atomic mass is 9.74. The summed E-state index contributed by atoms with van der Waals surface area (Å²) in [7, 11) is 0. The highest BCUT2D eigenvalue weighted by atomic mass is 32.2. The molecule has 2 atom stereocenters. The number of rotatable bonds is 2. The highest BCUT2D eigenvalue weighted by molar-refractivity contribution is 7.90. The number of nitrogens with zero attached hydrogens (tertiary/aromatic N) is 3. The summed E-state index contributed by atoms with van der Waals surface area (Å²) in [6.07, 6.45) is 2.41. The number of amides is 1. The van der Waals surface area contributed by atoms with Gasteiger partial charge < -0.3 is 14.6 Å². The van der Waals surface area contributed by atoms with Gasteiger partial charge in [-0.25, -0.2) is 4.79 Å². The number of carbonyl (C=O) groups is 1. The molecular formula is C15H24N4O3S. The van der Waals surface area contributed by atoms with Crippen LogP contribution in [0.4, 0.5) is 4.79 Å². The van der Waals surface area contributed by atoms with Crippen molar-refractivity contribution in [2.75, 3.05) is 13.1 Å². The summed E-state index contributed by atoms with van der Waals surface area (Å²) in [4.78, 5) is 12.6. The van der Waals surface area contributed by atoms with Crippen molar-refractivity contribution in [3.8, 4) is 0 Å². The Bertz CT molecular complexity index is 590. The monoisotopic (exact) mass is 340 g/mol. The van der Waals surface area contributed by atoms with Crippen LogP contribution in [0.15, 0.2) is 12.3 Å². The summed E-state index contributed by atoms with van der Waals surface area (Å²) in [6.45, 7) is 7.62. The largest absolute Gasteiger partial charge is 0.598 e. The van der Waals surface area contributed by atoms with Crippen LogP contribution in [0.25, 0.3) is 0 Å². The normalized spacial score (nSPS) is 24.7. The molecule has 0 aliphatic carbocycles. The summed E-state index contributed by atoms with van der Waals surface area (Å²) >= 11 is -1.18. The van der Waals surface area contributed by atoms with Crippen LogP contribution in [0.3, 0.4) is 0 Å². The number of hydrogen-bond donors (Lipinski definition) is 2. The highest BCUT2D eigenvalue weighted by Crippen LogP contribution is 2.49. The van der Waals surface area contributed by atoms with E-state index in [-0.39, 0.29) is 16.2 Å². The first-order valence-corrected chi connectivity index (χ1v) is 9.06. The minimum atomic E-state index is -1.18. The molecule has 1 fully saturated rings. The van der Waals surface area contributed by atoms with E-state index in [2.05, 4.69) is 9.82 Å². The predicted molar refractivity (Wildman–Crippen MR) is 87.3 cm³/mol. The molecule has 0 bridgehead atoms. The van der Waals surface area contributed by atoms with E-state index in [1.54, 1.807) is 6.20 Å². The van der Waals surface area contributed by atoms with Crippen LogP contribution < -0.4 is 4.72 Å². The van der Waals surface area contributed by atoms with Crippen molar-refractivity contribution in [1.82, 2.24) is 19.4 Å². The Labute approximate surface area is 139 Å². The fourth-order valence-corrected chi connectivity index (χ4v) is 4.42. The van der Waals surface area contributed by atoms with E-state index in [9.17, 15) is 9.35 Å². The lowest BCUT2D eigenvalue weighted by molar-refractivity contribution is 0.0701. The molecule has 1 aromatic rings. The molecule has 0 aromatic carbocycles. The number of likely N-dealkylation sites (tertiary alicyclic amines) is 1. The average Bonchev–Trinajstić information content (AvgIpc) is 3.00. The van der Waals surface area contributed by atoms with Crippen LogP contribution in [0.1, 0.15) is 45.3 Å². The quantitative estimate of drug-likeness (QED) is 0.800. The third-order valence-corrected chi connectivity index (χ3v) is 6.50. The molecule has 2 aliphatic rings. The summed E-state index contributed by atoms with van der Waals surface area (Å²) in [6, 6.07) is 1.91. The molecular weight excluding hydrogens is 316 g/mol. The Morgan fingerprint density at radius 3 is 2.70 bits per heavy atom. The van der Waals surface area contributed by atoms with Crippen LogP contribution in [-0.2, 0) is 17.9 Å². The Balaban J connectivity index is 1.83. The van der Waals surface area contributed by atoms with E-state index < -0.39 is 17.5 Å². The molecule has 8 heteroatoms. The number of piperidine rings is 1. The van der Waals surface area contributed by atoms with Crippen LogP contribution in [-0.4, -0.2) is 48.3 Å². The van der Waals surface area contributed by atoms with Gasteiger partial charge in [-0.1, -0.05) is 0 Å². The first kappa shape index (κ1) is 16.6. The standard InChI is InChI=1S/C15H24N4O3S/c1-14(2,3)23(22)17-12-11-4-7-16-19(11)10-15(12)5-8-18(9-6-15)13(20)21/h4,7,12,17H,5-6,8-10H2,1-3H3,(H,20,21)/t12-,23+/m1/s1. The second-order valence-electron chi connectivity index (χ2n) is 7.48. The van der Waals surface area contributed by atoms with E-state index in [0.717, 1.165) is 25.1 Å². The molecule has 7 nitrogen and oxygen atoms in total. The van der Waals surface area contributed by atoms with E-state index in [0.29, 0.717) is 13.1 Å². The molecule has 0 unspecified atom stereocenters. The van der Waals surface area contributed by atoms with Crippen molar-refractivity contribution >= 4 is 17.5 Å². The van der Waals surface area contributed by atoms with Gasteiger partial charge in [-0.05, 0) is 39.7 Å². The number of fused-ring (bicyclic) bond motifs is 1. The van der Waals surface area contributed by atoms with Gasteiger partial charge in [-0.2, -0.15) is 5.10 Å². The zero-order chi connectivity index (χ0) is 16.8. The van der Waals surface area contributed by atoms with Crippen molar-refractivity contribution in [2.24, 2.45) is 5.41 Å². The summed E-state index contributed by atoms with van der Waals surface area (Å²) in [5.41, 5.74) is 0.933. The van der Waals surface area contributed by atoms with Crippen molar-refractivity contribution < 1.29 is 14.5 Å². The highest BCUT2D eigenvalue weighted by Gasteiger charge is 2.51. The van der Waals surface area contributed by atoms with Crippen LogP contribution in [0.5, 0.6) is 0 Å². The lowest BCUT2D eigenvalue weighted by Crippen LogP contribution is -2.50. The van der Waals surface area contributed by atoms with E-state index in [1.807, 2.05) is 31.5 Å². The predicted octanol–water partition coefficient (Wildman–Crippen LogP) is 1.75. The second kappa shape index (κ2) is 5.68. The molecule has 1 spiro atoms. The van der Waals surface area contributed by atoms with Gasteiger partial charge >= 0.3 is 6.09 Å². The maximum absolute atomic E-state index is 12.6. The first-order valence-electron chi connectivity index (χ1n) is 7.91. The van der Waals surface area contributed by atoms with Gasteiger partial charge in [-0.3, -0.25) is 4.68 Å². The van der Waals surface area contributed by atoms with Crippen molar-refractivity contribution in [1.29, 1.82) is 0 Å². The van der Waals surface area contributed by atoms with E-state index >= 15 is 0 Å². The summed E-state index contributed by atoms with van der Waals surface area (Å²) in [5.74, 6) is 0. The Morgan fingerprint density at radius 2 is 2.13 bits per heavy atom. The average molecular weight is 340 g/mol. The molecule has 1 amide bonds. The number of carboxylic acid groups (broad SMARTS) is 1. The van der Waals surface area contributed by atoms with Gasteiger partial charge in [0, 0.05) is 42.6 Å². The fourth-order valence-electron chi connectivity index (χ4n) is 3.48. The molecule has 128 valence electrons. The van der Waals surface area contributed by atoms with Crippen LogP contribution in [0, 0.1) is 5.41 Å². The lowest BCUT2D eigenvalue weighted by Gasteiger charge is -2.42. The Hall–Kier alpha value is -1.25. The molecule has 1 saturated heterocycles. The Morgan fingerprint density at radius 1 is 1.48 bits per heavy atom. The van der Waals surface area contributed by atoms with Crippen molar-refractivity contribution in [3.05, 3.63) is 18.0 Å². The minimum Gasteiger partial charge on any atom is -0.598 e. The molecule has 23 heavy (non-hydrogen) atoms. The zero-order valence-electron chi connectivity index (χ0n) is 13.8. The molecule has 0 saturated carbocycles. The van der Waals surface area contributed by atoms with Crippen molar-refractivity contribution in [3.63, 3.8) is 0 Å². The van der Waals surface area contributed by atoms with Gasteiger partial charge in [0.05, 0.1) is 5.69 Å². The van der Waals surface area contributed by atoms with Gasteiger partial charge in [0.1, 0.15) is 10.8 Å². The smallest absolute Gasteiger partial charge is 0.407 e. The van der Waals surface area contributed by atoms with E-state index in [4.69, 9.17) is 5.11 Å². The zero-order valence-corrected chi connectivity index (χ0v) is 14.6. The summed E-state index contributed by atoms with van der Waals surface area (Å²) < 4.78 is 17.5. The summed E-state index contributed by atoms with van der Waals surface area (Å²) in [5, 5.41) is 13.5. The molecule has 1 aromatic heterocycles. The topological polar surface area (TPSA) is 93.5 Å². The van der Waals surface area contributed by atoms with Gasteiger partial charge in [-0.15, -0.1) is 4.72 Å². The second-order valence-corrected chi connectivity index (χ2v) is 9.48. The maximum atomic E-state index is 12.6.